The number of hydrogen-bond acceptors (Lipinski definition) is 1. The van der Waals surface area contributed by atoms with Gasteiger partial charge in [-0.3, -0.25) is 4.79 Å². The Morgan fingerprint density at radius 1 is 0.590 bits per heavy atom. The molecule has 0 spiro atoms. The van der Waals surface area contributed by atoms with E-state index in [1.54, 1.807) is 0 Å². The second kappa shape index (κ2) is 19.4. The fraction of sp³-hybridized carbons (Fsp3) is 0.919. The lowest BCUT2D eigenvalue weighted by molar-refractivity contribution is -0.145. The lowest BCUT2D eigenvalue weighted by Crippen LogP contribution is -2.61. The van der Waals surface area contributed by atoms with Gasteiger partial charge < -0.3 is 4.90 Å². The monoisotopic (exact) mass is 542 g/mol. The molecule has 4 saturated carbocycles. The number of hydrogen-bond donors (Lipinski definition) is 0. The van der Waals surface area contributed by atoms with Gasteiger partial charge in [-0.2, -0.15) is 0 Å². The summed E-state index contributed by atoms with van der Waals surface area (Å²) < 4.78 is 0. The Bertz CT molecular complexity index is 631. The van der Waals surface area contributed by atoms with Crippen molar-refractivity contribution in [3.63, 3.8) is 0 Å². The van der Waals surface area contributed by atoms with Crippen LogP contribution in [-0.2, 0) is 4.79 Å². The van der Waals surface area contributed by atoms with Crippen LogP contribution in [0.1, 0.15) is 187 Å². The average Bonchev–Trinajstić information content (AvgIpc) is 2.91. The SMILES string of the molecule is CCCCCCCCC=CC(=O)N(CCCCCCCCCCCCCCCC)C12CC3CC(CC(C3)C1)C2. The molecule has 0 atom stereocenters. The fourth-order valence-corrected chi connectivity index (χ4v) is 8.76. The maximum atomic E-state index is 13.6. The molecule has 4 aliphatic rings. The minimum atomic E-state index is 0.201. The predicted octanol–water partition coefficient (Wildman–Crippen LogP) is 11.6. The highest BCUT2D eigenvalue weighted by Gasteiger charge is 2.54. The zero-order valence-electron chi connectivity index (χ0n) is 26.5. The van der Waals surface area contributed by atoms with Gasteiger partial charge in [0.1, 0.15) is 0 Å². The summed E-state index contributed by atoms with van der Waals surface area (Å²) in [6.45, 7) is 5.59. The largest absolute Gasteiger partial charge is 0.333 e. The molecule has 0 saturated heterocycles. The van der Waals surface area contributed by atoms with Crippen LogP contribution in [0.15, 0.2) is 12.2 Å². The van der Waals surface area contributed by atoms with Crippen LogP contribution in [0.4, 0.5) is 0 Å². The smallest absolute Gasteiger partial charge is 0.246 e. The summed E-state index contributed by atoms with van der Waals surface area (Å²) in [6, 6.07) is 0. The van der Waals surface area contributed by atoms with Gasteiger partial charge in [0.2, 0.25) is 5.91 Å². The molecule has 0 radical (unpaired) electrons. The van der Waals surface area contributed by atoms with Crippen molar-refractivity contribution in [2.75, 3.05) is 6.54 Å². The molecule has 0 aromatic heterocycles. The number of nitrogens with zero attached hydrogens (tertiary/aromatic N) is 1. The number of carbonyl (C=O) groups is 1. The van der Waals surface area contributed by atoms with E-state index in [1.807, 2.05) is 6.08 Å². The standard InChI is InChI=1S/C37H67NO/c1-3-5-7-9-11-13-14-15-16-17-18-20-22-24-26-38(36(39)25-23-21-19-12-10-8-6-4-2)37-30-33-27-34(31-37)29-35(28-33)32-37/h23,25,33-35H,3-22,24,26-32H2,1-2H3. The molecule has 0 unspecified atom stereocenters. The Labute approximate surface area is 244 Å². The highest BCUT2D eigenvalue weighted by molar-refractivity contribution is 5.88. The van der Waals surface area contributed by atoms with Crippen molar-refractivity contribution in [2.24, 2.45) is 17.8 Å². The number of allylic oxidation sites excluding steroid dienone is 1. The van der Waals surface area contributed by atoms with Crippen LogP contribution < -0.4 is 0 Å². The van der Waals surface area contributed by atoms with E-state index in [-0.39, 0.29) is 5.54 Å². The molecule has 0 aromatic carbocycles. The minimum absolute atomic E-state index is 0.201. The Morgan fingerprint density at radius 3 is 1.41 bits per heavy atom. The molecule has 4 aliphatic carbocycles. The second-order valence-corrected chi connectivity index (χ2v) is 14.2. The van der Waals surface area contributed by atoms with E-state index in [1.165, 1.54) is 167 Å². The first-order chi connectivity index (χ1) is 19.2. The normalized spacial score (nSPS) is 25.6. The molecule has 0 aliphatic heterocycles. The van der Waals surface area contributed by atoms with Crippen LogP contribution >= 0.6 is 0 Å². The van der Waals surface area contributed by atoms with Crippen molar-refractivity contribution in [3.8, 4) is 0 Å². The first kappa shape index (κ1) is 32.7. The minimum Gasteiger partial charge on any atom is -0.333 e. The summed E-state index contributed by atoms with van der Waals surface area (Å²) in [5.74, 6) is 3.04. The average molecular weight is 542 g/mol. The maximum Gasteiger partial charge on any atom is 0.246 e. The molecule has 0 N–H and O–H groups in total. The van der Waals surface area contributed by atoms with E-state index in [2.05, 4.69) is 24.8 Å². The molecule has 0 aromatic rings. The van der Waals surface area contributed by atoms with Gasteiger partial charge in [-0.1, -0.05) is 135 Å². The van der Waals surface area contributed by atoms with Crippen LogP contribution in [0.25, 0.3) is 0 Å². The van der Waals surface area contributed by atoms with Gasteiger partial charge in [-0.25, -0.2) is 0 Å². The van der Waals surface area contributed by atoms with Crippen molar-refractivity contribution >= 4 is 5.91 Å². The topological polar surface area (TPSA) is 20.3 Å². The van der Waals surface area contributed by atoms with Crippen molar-refractivity contribution in [1.82, 2.24) is 4.90 Å². The number of carbonyl (C=O) groups excluding carboxylic acids is 1. The van der Waals surface area contributed by atoms with E-state index in [0.29, 0.717) is 5.91 Å². The third-order valence-electron chi connectivity index (χ3n) is 10.6. The van der Waals surface area contributed by atoms with Crippen molar-refractivity contribution in [1.29, 1.82) is 0 Å². The Kier molecular flexibility index (Phi) is 16.2. The summed E-state index contributed by atoms with van der Waals surface area (Å²) in [5.41, 5.74) is 0.201. The van der Waals surface area contributed by atoms with Gasteiger partial charge in [0.15, 0.2) is 0 Å². The predicted molar refractivity (Wildman–Crippen MR) is 170 cm³/mol. The lowest BCUT2D eigenvalue weighted by Gasteiger charge is -2.60. The summed E-state index contributed by atoms with van der Waals surface area (Å²) in [4.78, 5) is 16.1. The molecule has 226 valence electrons. The molecule has 0 heterocycles. The van der Waals surface area contributed by atoms with Gasteiger partial charge in [-0.05, 0) is 81.6 Å². The third-order valence-corrected chi connectivity index (χ3v) is 10.6. The van der Waals surface area contributed by atoms with Crippen LogP contribution in [-0.4, -0.2) is 22.9 Å². The molecule has 2 nitrogen and oxygen atoms in total. The maximum absolute atomic E-state index is 13.6. The quantitative estimate of drug-likeness (QED) is 0.0878. The summed E-state index contributed by atoms with van der Waals surface area (Å²) >= 11 is 0. The Morgan fingerprint density at radius 2 is 0.974 bits per heavy atom. The first-order valence-corrected chi connectivity index (χ1v) is 18.1. The number of unbranched alkanes of at least 4 members (excludes halogenated alkanes) is 19. The van der Waals surface area contributed by atoms with E-state index >= 15 is 0 Å². The summed E-state index contributed by atoms with van der Waals surface area (Å²) in [5, 5.41) is 0. The lowest BCUT2D eigenvalue weighted by atomic mass is 9.52. The first-order valence-electron chi connectivity index (χ1n) is 18.1. The van der Waals surface area contributed by atoms with Gasteiger partial charge in [0.25, 0.3) is 0 Å². The number of rotatable bonds is 24. The van der Waals surface area contributed by atoms with E-state index in [0.717, 1.165) is 30.7 Å². The Balaban J connectivity index is 1.34. The highest BCUT2D eigenvalue weighted by Crippen LogP contribution is 2.57. The third kappa shape index (κ3) is 11.9. The zero-order chi connectivity index (χ0) is 27.6. The van der Waals surface area contributed by atoms with Gasteiger partial charge >= 0.3 is 0 Å². The number of amides is 1. The van der Waals surface area contributed by atoms with Crippen molar-refractivity contribution in [2.45, 2.75) is 193 Å². The van der Waals surface area contributed by atoms with E-state index in [4.69, 9.17) is 0 Å². The highest BCUT2D eigenvalue weighted by atomic mass is 16.2. The van der Waals surface area contributed by atoms with Crippen LogP contribution in [0, 0.1) is 17.8 Å². The van der Waals surface area contributed by atoms with E-state index < -0.39 is 0 Å². The molecular formula is C37H67NO. The van der Waals surface area contributed by atoms with Gasteiger partial charge in [-0.15, -0.1) is 0 Å². The van der Waals surface area contributed by atoms with Crippen LogP contribution in [0.5, 0.6) is 0 Å². The molecule has 4 rings (SSSR count). The molecule has 2 heteroatoms. The molecule has 4 bridgehead atoms. The summed E-state index contributed by atoms with van der Waals surface area (Å²) in [7, 11) is 0. The fourth-order valence-electron chi connectivity index (χ4n) is 8.76. The molecular weight excluding hydrogens is 474 g/mol. The van der Waals surface area contributed by atoms with Crippen LogP contribution in [0.2, 0.25) is 0 Å². The van der Waals surface area contributed by atoms with Gasteiger partial charge in [0.05, 0.1) is 0 Å². The molecule has 39 heavy (non-hydrogen) atoms. The van der Waals surface area contributed by atoms with Crippen LogP contribution in [0.3, 0.4) is 0 Å². The van der Waals surface area contributed by atoms with Crippen molar-refractivity contribution in [3.05, 3.63) is 12.2 Å². The zero-order valence-corrected chi connectivity index (χ0v) is 26.5. The Hall–Kier alpha value is -0.790. The molecule has 4 fully saturated rings. The second-order valence-electron chi connectivity index (χ2n) is 14.2. The van der Waals surface area contributed by atoms with Crippen molar-refractivity contribution < 1.29 is 4.79 Å². The summed E-state index contributed by atoms with van der Waals surface area (Å²) in [6.07, 6.45) is 41.0. The molecule has 1 amide bonds. The van der Waals surface area contributed by atoms with E-state index in [9.17, 15) is 4.79 Å². The van der Waals surface area contributed by atoms with Gasteiger partial charge in [0, 0.05) is 12.1 Å².